The van der Waals surface area contributed by atoms with Crippen LogP contribution >= 0.6 is 27.3 Å². The largest absolute Gasteiger partial charge is 0.363 e. The minimum Gasteiger partial charge on any atom is -0.363 e. The molecule has 0 radical (unpaired) electrons. The van der Waals surface area contributed by atoms with Gasteiger partial charge in [-0.15, -0.1) is 11.3 Å². The van der Waals surface area contributed by atoms with Gasteiger partial charge in [0.25, 0.3) is 5.91 Å². The first kappa shape index (κ1) is 25.8. The zero-order valence-electron chi connectivity index (χ0n) is 17.7. The van der Waals surface area contributed by atoms with Gasteiger partial charge in [0.05, 0.1) is 10.3 Å². The predicted molar refractivity (Wildman–Crippen MR) is 123 cm³/mol. The first-order valence-corrected chi connectivity index (χ1v) is 11.3. The van der Waals surface area contributed by atoms with Crippen LogP contribution in [0.2, 0.25) is 0 Å². The Balaban J connectivity index is 0.00000106. The molecule has 0 spiro atoms. The van der Waals surface area contributed by atoms with Crippen molar-refractivity contribution >= 4 is 39.0 Å². The van der Waals surface area contributed by atoms with Crippen molar-refractivity contribution in [2.75, 3.05) is 5.32 Å². The summed E-state index contributed by atoms with van der Waals surface area (Å²) < 4.78 is 28.8. The summed E-state index contributed by atoms with van der Waals surface area (Å²) in [6.45, 7) is 8.62. The number of aryl methyl sites for hydroxylation is 1. The van der Waals surface area contributed by atoms with Crippen LogP contribution in [-0.2, 0) is 20.1 Å². The van der Waals surface area contributed by atoms with E-state index in [-0.39, 0.29) is 12.5 Å². The molecule has 5 nitrogen and oxygen atoms in total. The van der Waals surface area contributed by atoms with Crippen LogP contribution in [-0.4, -0.2) is 15.7 Å². The lowest BCUT2D eigenvalue weighted by atomic mass is 10.2. The fourth-order valence-electron chi connectivity index (χ4n) is 2.33. The first-order valence-electron chi connectivity index (χ1n) is 9.66. The number of carbonyl (C=O) groups is 1. The Kier molecular flexibility index (Phi) is 11.3. The Morgan fingerprint density at radius 2 is 1.80 bits per heavy atom. The molecule has 0 aliphatic rings. The highest BCUT2D eigenvalue weighted by Crippen LogP contribution is 2.23. The highest BCUT2D eigenvalue weighted by Gasteiger charge is 2.16. The number of amides is 1. The lowest BCUT2D eigenvalue weighted by molar-refractivity contribution is 0.0951. The van der Waals surface area contributed by atoms with Gasteiger partial charge >= 0.3 is 0 Å². The molecular weight excluding hydrogens is 474 g/mol. The maximum absolute atomic E-state index is 13.2. The van der Waals surface area contributed by atoms with Crippen LogP contribution in [0.5, 0.6) is 0 Å². The number of rotatable bonds is 6. The van der Waals surface area contributed by atoms with Crippen LogP contribution in [0.25, 0.3) is 0 Å². The molecule has 1 aromatic carbocycles. The van der Waals surface area contributed by atoms with Gasteiger partial charge in [0.15, 0.2) is 17.5 Å². The van der Waals surface area contributed by atoms with Gasteiger partial charge in [-0.05, 0) is 45.8 Å². The highest BCUT2D eigenvalue weighted by atomic mass is 79.9. The molecule has 2 N–H and O–H groups in total. The Hall–Kier alpha value is -2.26. The fraction of sp³-hybridized carbons (Fsp3) is 0.333. The summed E-state index contributed by atoms with van der Waals surface area (Å²) >= 11 is 5.00. The molecule has 1 amide bonds. The maximum atomic E-state index is 13.2. The van der Waals surface area contributed by atoms with Gasteiger partial charge in [0.2, 0.25) is 0 Å². The third kappa shape index (κ3) is 7.53. The molecule has 30 heavy (non-hydrogen) atoms. The summed E-state index contributed by atoms with van der Waals surface area (Å²) in [4.78, 5) is 13.5. The van der Waals surface area contributed by atoms with E-state index in [9.17, 15) is 13.6 Å². The second-order valence-corrected chi connectivity index (χ2v) is 8.10. The van der Waals surface area contributed by atoms with E-state index in [2.05, 4.69) is 31.7 Å². The summed E-state index contributed by atoms with van der Waals surface area (Å²) in [5, 5.41) is 10.1. The molecule has 164 valence electrons. The van der Waals surface area contributed by atoms with Crippen molar-refractivity contribution in [2.24, 2.45) is 7.05 Å². The molecule has 2 aromatic heterocycles. The molecule has 3 aromatic rings. The molecule has 0 unspecified atom stereocenters. The predicted octanol–water partition coefficient (Wildman–Crippen LogP) is 6.12. The molecule has 2 heterocycles. The summed E-state index contributed by atoms with van der Waals surface area (Å²) in [7, 11) is 1.72. The zero-order valence-corrected chi connectivity index (χ0v) is 20.1. The first-order chi connectivity index (χ1) is 14.4. The maximum Gasteiger partial charge on any atom is 0.256 e. The summed E-state index contributed by atoms with van der Waals surface area (Å²) in [6, 6.07) is 7.46. The lowest BCUT2D eigenvalue weighted by Crippen LogP contribution is -2.23. The number of carbonyl (C=O) groups excluding carboxylic acids is 1. The number of halogens is 3. The van der Waals surface area contributed by atoms with Crippen LogP contribution in [0.4, 0.5) is 14.6 Å². The second-order valence-electron chi connectivity index (χ2n) is 5.56. The van der Waals surface area contributed by atoms with Crippen molar-refractivity contribution in [3.63, 3.8) is 0 Å². The molecule has 9 heteroatoms. The quantitative estimate of drug-likeness (QED) is 0.428. The summed E-state index contributed by atoms with van der Waals surface area (Å²) in [5.74, 6) is -1.75. The minimum absolute atomic E-state index is 0.0856. The van der Waals surface area contributed by atoms with Gasteiger partial charge in [-0.2, -0.15) is 5.10 Å². The number of nitrogens with one attached hydrogen (secondary N) is 2. The fourth-order valence-corrected chi connectivity index (χ4v) is 3.75. The number of benzene rings is 1. The van der Waals surface area contributed by atoms with Crippen molar-refractivity contribution in [3.05, 3.63) is 68.0 Å². The molecule has 0 bridgehead atoms. The number of nitrogens with zero attached hydrogens (tertiary/aromatic N) is 2. The van der Waals surface area contributed by atoms with E-state index in [0.29, 0.717) is 23.5 Å². The van der Waals surface area contributed by atoms with Gasteiger partial charge in [-0.25, -0.2) is 8.78 Å². The normalized spacial score (nSPS) is 9.73. The smallest absolute Gasteiger partial charge is 0.256 e. The third-order valence-corrected chi connectivity index (χ3v) is 5.19. The molecule has 0 aliphatic heterocycles. The van der Waals surface area contributed by atoms with Crippen molar-refractivity contribution in [3.8, 4) is 0 Å². The van der Waals surface area contributed by atoms with E-state index in [4.69, 9.17) is 0 Å². The Morgan fingerprint density at radius 1 is 1.10 bits per heavy atom. The number of hydrogen-bond acceptors (Lipinski definition) is 4. The number of thiophene rings is 1. The Labute approximate surface area is 188 Å². The van der Waals surface area contributed by atoms with Crippen molar-refractivity contribution < 1.29 is 13.6 Å². The molecular formula is C21H27BrF2N4OS. The molecule has 0 fully saturated rings. The van der Waals surface area contributed by atoms with E-state index in [1.54, 1.807) is 29.3 Å². The van der Waals surface area contributed by atoms with Crippen LogP contribution in [0.3, 0.4) is 0 Å². The van der Waals surface area contributed by atoms with E-state index in [1.807, 2.05) is 39.8 Å². The van der Waals surface area contributed by atoms with Crippen LogP contribution in [0.15, 0.2) is 40.3 Å². The third-order valence-electron chi connectivity index (χ3n) is 3.57. The number of aromatic nitrogens is 2. The van der Waals surface area contributed by atoms with Gasteiger partial charge in [-0.1, -0.05) is 33.8 Å². The summed E-state index contributed by atoms with van der Waals surface area (Å²) in [5.41, 5.74) is 0.852. The van der Waals surface area contributed by atoms with E-state index < -0.39 is 11.6 Å². The highest BCUT2D eigenvalue weighted by molar-refractivity contribution is 9.11. The monoisotopic (exact) mass is 500 g/mol. The zero-order chi connectivity index (χ0) is 22.7. The lowest BCUT2D eigenvalue weighted by Gasteiger charge is -2.07. The topological polar surface area (TPSA) is 59.0 Å². The molecule has 0 atom stereocenters. The Morgan fingerprint density at radius 3 is 2.40 bits per heavy atom. The average Bonchev–Trinajstić information content (AvgIpc) is 3.35. The average molecular weight is 501 g/mol. The standard InChI is InChI=1S/C17H15BrF2N4OS.2C2H6/c1-24-9-12(16(23-24)21-8-11-3-5-15(18)26-11)17(25)22-7-10-2-4-13(19)14(20)6-10;2*1-2/h2-6,9H,7-8H2,1H3,(H,21,23)(H,22,25);2*1-2H3. The van der Waals surface area contributed by atoms with Crippen LogP contribution < -0.4 is 10.6 Å². The molecule has 3 rings (SSSR count). The summed E-state index contributed by atoms with van der Waals surface area (Å²) in [6.07, 6.45) is 1.60. The van der Waals surface area contributed by atoms with E-state index >= 15 is 0 Å². The Bertz CT molecular complexity index is 943. The molecule has 0 aliphatic carbocycles. The van der Waals surface area contributed by atoms with E-state index in [1.165, 1.54) is 6.07 Å². The van der Waals surface area contributed by atoms with Crippen molar-refractivity contribution in [2.45, 2.75) is 40.8 Å². The number of anilines is 1. The molecule has 0 saturated carbocycles. The molecule has 0 saturated heterocycles. The van der Waals surface area contributed by atoms with Gasteiger partial charge in [0.1, 0.15) is 5.56 Å². The van der Waals surface area contributed by atoms with Crippen LogP contribution in [0.1, 0.15) is 48.5 Å². The van der Waals surface area contributed by atoms with Gasteiger partial charge in [0, 0.05) is 24.7 Å². The van der Waals surface area contributed by atoms with Gasteiger partial charge < -0.3 is 10.6 Å². The van der Waals surface area contributed by atoms with Crippen molar-refractivity contribution in [1.29, 1.82) is 0 Å². The number of hydrogen-bond donors (Lipinski definition) is 2. The minimum atomic E-state index is -0.942. The SMILES string of the molecule is CC.CC.Cn1cc(C(=O)NCc2ccc(F)c(F)c2)c(NCc2ccc(Br)s2)n1. The van der Waals surface area contributed by atoms with Crippen LogP contribution in [0, 0.1) is 11.6 Å². The van der Waals surface area contributed by atoms with Crippen molar-refractivity contribution in [1.82, 2.24) is 15.1 Å². The van der Waals surface area contributed by atoms with Gasteiger partial charge in [-0.3, -0.25) is 9.48 Å². The second kappa shape index (κ2) is 13.1. The van der Waals surface area contributed by atoms with E-state index in [0.717, 1.165) is 20.8 Å².